The molecule has 4 rings (SSSR count). The van der Waals surface area contributed by atoms with Gasteiger partial charge >= 0.3 is 5.97 Å². The minimum atomic E-state index is -0.508. The number of hydrazone groups is 1. The highest BCUT2D eigenvalue weighted by Gasteiger charge is 2.17. The van der Waals surface area contributed by atoms with Gasteiger partial charge in [-0.1, -0.05) is 12.1 Å². The molecule has 33 heavy (non-hydrogen) atoms. The van der Waals surface area contributed by atoms with Crippen molar-refractivity contribution in [3.8, 4) is 23.0 Å². The standard InChI is InChI=1S/C25H22N2O6/c1-16-3-4-17(2)22(11-16)30-14-24(28)27-26-13-18-5-8-20(9-6-18)33-25(29)19-7-10-21-23(12-19)32-15-31-21/h3-13H,14-15H2,1-2H3,(H,27,28)/b26-13+. The van der Waals surface area contributed by atoms with Gasteiger partial charge in [-0.05, 0) is 79.1 Å². The fraction of sp³-hybridized carbons (Fsp3) is 0.160. The summed E-state index contributed by atoms with van der Waals surface area (Å²) in [5.41, 5.74) is 5.51. The molecule has 0 unspecified atom stereocenters. The van der Waals surface area contributed by atoms with Crippen LogP contribution in [0.25, 0.3) is 0 Å². The monoisotopic (exact) mass is 446 g/mol. The fourth-order valence-corrected chi connectivity index (χ4v) is 3.03. The second kappa shape index (κ2) is 9.86. The van der Waals surface area contributed by atoms with Crippen molar-refractivity contribution in [2.75, 3.05) is 13.4 Å². The molecule has 3 aromatic carbocycles. The Morgan fingerprint density at radius 3 is 2.61 bits per heavy atom. The molecule has 1 aliphatic rings. The third kappa shape index (κ3) is 5.68. The summed E-state index contributed by atoms with van der Waals surface area (Å²) in [6, 6.07) is 17.4. The summed E-state index contributed by atoms with van der Waals surface area (Å²) in [5, 5.41) is 3.93. The highest BCUT2D eigenvalue weighted by molar-refractivity contribution is 5.92. The van der Waals surface area contributed by atoms with Crippen LogP contribution in [-0.4, -0.2) is 31.5 Å². The lowest BCUT2D eigenvalue weighted by Crippen LogP contribution is -2.24. The number of ether oxygens (including phenoxy) is 4. The van der Waals surface area contributed by atoms with Gasteiger partial charge in [0, 0.05) is 0 Å². The molecule has 1 heterocycles. The van der Waals surface area contributed by atoms with Crippen molar-refractivity contribution in [3.63, 3.8) is 0 Å². The number of esters is 1. The van der Waals surface area contributed by atoms with E-state index in [9.17, 15) is 9.59 Å². The Balaban J connectivity index is 1.26. The zero-order valence-electron chi connectivity index (χ0n) is 18.2. The van der Waals surface area contributed by atoms with E-state index < -0.39 is 5.97 Å². The second-order valence-electron chi connectivity index (χ2n) is 7.38. The number of carbonyl (C=O) groups is 2. The summed E-state index contributed by atoms with van der Waals surface area (Å²) in [7, 11) is 0. The molecular weight excluding hydrogens is 424 g/mol. The number of nitrogens with zero attached hydrogens (tertiary/aromatic N) is 1. The highest BCUT2D eigenvalue weighted by atomic mass is 16.7. The van der Waals surface area contributed by atoms with Crippen molar-refractivity contribution in [3.05, 3.63) is 82.9 Å². The van der Waals surface area contributed by atoms with Gasteiger partial charge in [-0.15, -0.1) is 0 Å². The van der Waals surface area contributed by atoms with E-state index in [1.165, 1.54) is 6.21 Å². The van der Waals surface area contributed by atoms with E-state index in [1.54, 1.807) is 42.5 Å². The maximum absolute atomic E-state index is 12.3. The topological polar surface area (TPSA) is 95.5 Å². The molecule has 3 aromatic rings. The second-order valence-corrected chi connectivity index (χ2v) is 7.38. The van der Waals surface area contributed by atoms with E-state index in [-0.39, 0.29) is 19.3 Å². The zero-order valence-corrected chi connectivity index (χ0v) is 18.2. The molecule has 0 aliphatic carbocycles. The van der Waals surface area contributed by atoms with Crippen LogP contribution < -0.4 is 24.4 Å². The number of fused-ring (bicyclic) bond motifs is 1. The Labute approximate surface area is 190 Å². The van der Waals surface area contributed by atoms with E-state index in [4.69, 9.17) is 18.9 Å². The highest BCUT2D eigenvalue weighted by Crippen LogP contribution is 2.32. The van der Waals surface area contributed by atoms with Gasteiger partial charge in [-0.2, -0.15) is 5.10 Å². The average molecular weight is 446 g/mol. The Hall–Kier alpha value is -4.33. The zero-order chi connectivity index (χ0) is 23.2. The lowest BCUT2D eigenvalue weighted by Gasteiger charge is -2.08. The van der Waals surface area contributed by atoms with Crippen LogP contribution in [0.2, 0.25) is 0 Å². The van der Waals surface area contributed by atoms with E-state index in [0.29, 0.717) is 34.1 Å². The predicted octanol–water partition coefficient (Wildman–Crippen LogP) is 3.78. The van der Waals surface area contributed by atoms with Crippen LogP contribution in [0, 0.1) is 13.8 Å². The number of amides is 1. The summed E-state index contributed by atoms with van der Waals surface area (Å²) in [6.07, 6.45) is 1.49. The summed E-state index contributed by atoms with van der Waals surface area (Å²) in [6.45, 7) is 3.87. The van der Waals surface area contributed by atoms with Crippen molar-refractivity contribution >= 4 is 18.1 Å². The Kier molecular flexibility index (Phi) is 6.54. The summed E-state index contributed by atoms with van der Waals surface area (Å²) >= 11 is 0. The molecule has 0 radical (unpaired) electrons. The number of carbonyl (C=O) groups excluding carboxylic acids is 2. The van der Waals surface area contributed by atoms with Crippen molar-refractivity contribution in [1.29, 1.82) is 0 Å². The number of nitrogens with one attached hydrogen (secondary N) is 1. The number of benzene rings is 3. The molecule has 0 spiro atoms. The first kappa shape index (κ1) is 21.9. The number of rotatable bonds is 7. The third-order valence-electron chi connectivity index (χ3n) is 4.80. The molecule has 168 valence electrons. The van der Waals surface area contributed by atoms with Crippen LogP contribution in [0.3, 0.4) is 0 Å². The van der Waals surface area contributed by atoms with Crippen LogP contribution >= 0.6 is 0 Å². The van der Waals surface area contributed by atoms with Crippen LogP contribution in [0.5, 0.6) is 23.0 Å². The van der Waals surface area contributed by atoms with Crippen LogP contribution in [0.1, 0.15) is 27.0 Å². The normalized spacial score (nSPS) is 11.9. The minimum Gasteiger partial charge on any atom is -0.483 e. The van der Waals surface area contributed by atoms with Gasteiger partial charge in [-0.25, -0.2) is 10.2 Å². The van der Waals surface area contributed by atoms with E-state index in [2.05, 4.69) is 10.5 Å². The Bertz CT molecular complexity index is 1200. The van der Waals surface area contributed by atoms with Gasteiger partial charge in [-0.3, -0.25) is 4.79 Å². The first-order valence-electron chi connectivity index (χ1n) is 10.2. The molecule has 8 nitrogen and oxygen atoms in total. The molecule has 1 aliphatic heterocycles. The third-order valence-corrected chi connectivity index (χ3v) is 4.80. The van der Waals surface area contributed by atoms with Gasteiger partial charge in [0.05, 0.1) is 11.8 Å². The molecule has 1 N–H and O–H groups in total. The Morgan fingerprint density at radius 1 is 1.00 bits per heavy atom. The first-order chi connectivity index (χ1) is 16.0. The molecule has 8 heteroatoms. The van der Waals surface area contributed by atoms with Crippen LogP contribution in [0.4, 0.5) is 0 Å². The number of hydrogen-bond donors (Lipinski definition) is 1. The van der Waals surface area contributed by atoms with Crippen molar-refractivity contribution < 1.29 is 28.5 Å². The average Bonchev–Trinajstić information content (AvgIpc) is 3.29. The summed E-state index contributed by atoms with van der Waals surface area (Å²) in [5.74, 6) is 1.27. The fourth-order valence-electron chi connectivity index (χ4n) is 3.03. The maximum Gasteiger partial charge on any atom is 0.343 e. The lowest BCUT2D eigenvalue weighted by atomic mass is 10.1. The van der Waals surface area contributed by atoms with E-state index in [0.717, 1.165) is 11.1 Å². The van der Waals surface area contributed by atoms with E-state index >= 15 is 0 Å². The quantitative estimate of drug-likeness (QED) is 0.257. The van der Waals surface area contributed by atoms with Gasteiger partial charge in [0.2, 0.25) is 6.79 Å². The van der Waals surface area contributed by atoms with Gasteiger partial charge < -0.3 is 18.9 Å². The molecule has 0 bridgehead atoms. The first-order valence-corrected chi connectivity index (χ1v) is 10.2. The Morgan fingerprint density at radius 2 is 1.79 bits per heavy atom. The molecule has 0 saturated heterocycles. The minimum absolute atomic E-state index is 0.136. The smallest absolute Gasteiger partial charge is 0.343 e. The largest absolute Gasteiger partial charge is 0.483 e. The lowest BCUT2D eigenvalue weighted by molar-refractivity contribution is -0.123. The van der Waals surface area contributed by atoms with Crippen molar-refractivity contribution in [1.82, 2.24) is 5.43 Å². The van der Waals surface area contributed by atoms with E-state index in [1.807, 2.05) is 32.0 Å². The SMILES string of the molecule is Cc1ccc(C)c(OCC(=O)N/N=C/c2ccc(OC(=O)c3ccc4c(c3)OCO4)cc2)c1. The molecule has 0 fully saturated rings. The maximum atomic E-state index is 12.3. The molecule has 0 aromatic heterocycles. The molecular formula is C25H22N2O6. The van der Waals surface area contributed by atoms with Gasteiger partial charge in [0.25, 0.3) is 5.91 Å². The predicted molar refractivity (Wildman–Crippen MR) is 121 cm³/mol. The number of hydrogen-bond acceptors (Lipinski definition) is 7. The number of aryl methyl sites for hydroxylation is 2. The van der Waals surface area contributed by atoms with Crippen LogP contribution in [-0.2, 0) is 4.79 Å². The molecule has 1 amide bonds. The summed E-state index contributed by atoms with van der Waals surface area (Å²) < 4.78 is 21.4. The van der Waals surface area contributed by atoms with Crippen molar-refractivity contribution in [2.45, 2.75) is 13.8 Å². The van der Waals surface area contributed by atoms with Crippen molar-refractivity contribution in [2.24, 2.45) is 5.10 Å². The molecule has 0 atom stereocenters. The molecule has 0 saturated carbocycles. The van der Waals surface area contributed by atoms with Gasteiger partial charge in [0.15, 0.2) is 18.1 Å². The van der Waals surface area contributed by atoms with Crippen LogP contribution in [0.15, 0.2) is 65.8 Å². The summed E-state index contributed by atoms with van der Waals surface area (Å²) in [4.78, 5) is 24.3. The van der Waals surface area contributed by atoms with Gasteiger partial charge in [0.1, 0.15) is 11.5 Å².